The number of rotatable bonds is 11. The van der Waals surface area contributed by atoms with Gasteiger partial charge in [0.25, 0.3) is 0 Å². The summed E-state index contributed by atoms with van der Waals surface area (Å²) >= 11 is 0. The largest absolute Gasteiger partial charge is 0.481 e. The summed E-state index contributed by atoms with van der Waals surface area (Å²) in [7, 11) is 1.55. The third-order valence-corrected chi connectivity index (χ3v) is 5.13. The van der Waals surface area contributed by atoms with Crippen LogP contribution in [0.25, 0.3) is 11.1 Å². The highest BCUT2D eigenvalue weighted by Crippen LogP contribution is 2.27. The summed E-state index contributed by atoms with van der Waals surface area (Å²) in [4.78, 5) is 19.7. The van der Waals surface area contributed by atoms with E-state index in [1.54, 1.807) is 26.3 Å². The number of hydrogen-bond acceptors (Lipinski definition) is 6. The van der Waals surface area contributed by atoms with E-state index >= 15 is 0 Å². The minimum atomic E-state index is -0.266. The number of halogens is 1. The van der Waals surface area contributed by atoms with Gasteiger partial charge in [0.15, 0.2) is 0 Å². The molecule has 0 spiro atoms. The van der Waals surface area contributed by atoms with Gasteiger partial charge in [0.1, 0.15) is 18.2 Å². The van der Waals surface area contributed by atoms with Crippen molar-refractivity contribution >= 4 is 5.78 Å². The van der Waals surface area contributed by atoms with Crippen LogP contribution in [-0.4, -0.2) is 29.4 Å². The third kappa shape index (κ3) is 6.34. The molecule has 0 unspecified atom stereocenters. The van der Waals surface area contributed by atoms with Gasteiger partial charge >= 0.3 is 6.01 Å². The van der Waals surface area contributed by atoms with Crippen LogP contribution >= 0.6 is 0 Å². The normalized spacial score (nSPS) is 10.8. The van der Waals surface area contributed by atoms with Crippen LogP contribution in [0.4, 0.5) is 4.39 Å². The number of hydrogen-bond donors (Lipinski definition) is 1. The molecule has 1 heterocycles. The first-order valence-electron chi connectivity index (χ1n) is 10.5. The summed E-state index contributed by atoms with van der Waals surface area (Å²) < 4.78 is 24.8. The average Bonchev–Trinajstić information content (AvgIpc) is 2.78. The van der Waals surface area contributed by atoms with Crippen molar-refractivity contribution in [3.05, 3.63) is 71.2 Å². The molecule has 32 heavy (non-hydrogen) atoms. The highest BCUT2D eigenvalue weighted by atomic mass is 19.1. The molecule has 0 aliphatic rings. The lowest BCUT2D eigenvalue weighted by atomic mass is 9.97. The summed E-state index contributed by atoms with van der Waals surface area (Å²) in [6, 6.07) is 12.6. The summed E-state index contributed by atoms with van der Waals surface area (Å²) in [6.45, 7) is 5.12. The van der Waals surface area contributed by atoms with Crippen LogP contribution in [0.15, 0.2) is 48.7 Å². The Bertz CT molecular complexity index is 1070. The summed E-state index contributed by atoms with van der Waals surface area (Å²) in [5.74, 6) is 0.364. The quantitative estimate of drug-likeness (QED) is 0.441. The Morgan fingerprint density at radius 1 is 1.16 bits per heavy atom. The van der Waals surface area contributed by atoms with Gasteiger partial charge < -0.3 is 19.6 Å². The minimum absolute atomic E-state index is 0.186. The molecule has 0 atom stereocenters. The van der Waals surface area contributed by atoms with Gasteiger partial charge in [-0.05, 0) is 61.2 Å². The predicted octanol–water partition coefficient (Wildman–Crippen LogP) is 4.64. The monoisotopic (exact) mass is 437 g/mol. The zero-order valence-corrected chi connectivity index (χ0v) is 18.7. The molecule has 0 amide bonds. The number of nitrogens with zero attached hydrogens (tertiary/aromatic N) is 2. The second-order valence-corrected chi connectivity index (χ2v) is 7.56. The molecule has 168 valence electrons. The van der Waals surface area contributed by atoms with Crippen molar-refractivity contribution in [3.8, 4) is 23.0 Å². The maximum absolute atomic E-state index is 13.6. The molecule has 0 bridgehead atoms. The predicted molar refractivity (Wildman–Crippen MR) is 121 cm³/mol. The molecule has 2 aromatic carbocycles. The van der Waals surface area contributed by atoms with Crippen molar-refractivity contribution in [1.29, 1.82) is 0 Å². The van der Waals surface area contributed by atoms with Crippen LogP contribution in [0, 0.1) is 12.7 Å². The molecule has 1 N–H and O–H groups in total. The number of Topliss-reactive ketones (excluding diaryl/α,β-unsaturated/α-hetero) is 1. The Morgan fingerprint density at radius 3 is 2.72 bits per heavy atom. The van der Waals surface area contributed by atoms with E-state index in [0.29, 0.717) is 18.8 Å². The Morgan fingerprint density at radius 2 is 1.97 bits per heavy atom. The smallest absolute Gasteiger partial charge is 0.320 e. The van der Waals surface area contributed by atoms with Gasteiger partial charge in [-0.25, -0.2) is 9.37 Å². The molecule has 3 rings (SSSR count). The summed E-state index contributed by atoms with van der Waals surface area (Å²) in [5.41, 5.74) is 4.56. The van der Waals surface area contributed by atoms with Crippen LogP contribution in [-0.2, 0) is 17.9 Å². The van der Waals surface area contributed by atoms with E-state index in [4.69, 9.17) is 9.47 Å². The highest BCUT2D eigenvalue weighted by molar-refractivity contribution is 5.75. The molecule has 0 aliphatic carbocycles. The molecule has 7 heteroatoms. The minimum Gasteiger partial charge on any atom is -0.481 e. The van der Waals surface area contributed by atoms with Crippen molar-refractivity contribution in [1.82, 2.24) is 15.3 Å². The van der Waals surface area contributed by atoms with Gasteiger partial charge in [-0.1, -0.05) is 30.3 Å². The van der Waals surface area contributed by atoms with E-state index in [1.807, 2.05) is 31.2 Å². The maximum atomic E-state index is 13.6. The van der Waals surface area contributed by atoms with E-state index < -0.39 is 0 Å². The van der Waals surface area contributed by atoms with Crippen LogP contribution in [0.5, 0.6) is 11.9 Å². The molecule has 0 fully saturated rings. The molecule has 3 aromatic rings. The van der Waals surface area contributed by atoms with E-state index in [1.165, 1.54) is 12.1 Å². The van der Waals surface area contributed by atoms with E-state index in [0.717, 1.165) is 40.8 Å². The fourth-order valence-corrected chi connectivity index (χ4v) is 3.38. The molecular formula is C25H28FN3O3. The summed E-state index contributed by atoms with van der Waals surface area (Å²) in [6.07, 6.45) is 3.02. The number of benzene rings is 2. The molecular weight excluding hydrogens is 409 g/mol. The van der Waals surface area contributed by atoms with Crippen molar-refractivity contribution < 1.29 is 18.7 Å². The van der Waals surface area contributed by atoms with E-state index in [9.17, 15) is 9.18 Å². The number of ketones is 1. The topological polar surface area (TPSA) is 73.3 Å². The van der Waals surface area contributed by atoms with Gasteiger partial charge in [-0.2, -0.15) is 4.98 Å². The number of carbonyl (C=O) groups excluding carboxylic acids is 1. The lowest BCUT2D eigenvalue weighted by Crippen LogP contribution is -2.16. The highest BCUT2D eigenvalue weighted by Gasteiger charge is 2.11. The first kappa shape index (κ1) is 23.3. The Hall–Kier alpha value is -3.32. The van der Waals surface area contributed by atoms with Gasteiger partial charge in [-0.3, -0.25) is 0 Å². The number of methoxy groups -OCH3 is 1. The van der Waals surface area contributed by atoms with Gasteiger partial charge in [0, 0.05) is 24.7 Å². The fraction of sp³-hybridized carbons (Fsp3) is 0.320. The molecule has 0 radical (unpaired) electrons. The molecule has 0 saturated carbocycles. The first-order valence-corrected chi connectivity index (χ1v) is 10.5. The van der Waals surface area contributed by atoms with Crippen LogP contribution in [0.1, 0.15) is 36.5 Å². The SMILES string of the molecule is COc1nc(OCc2cccc(-c3cccc(F)c3)c2C)ncc1CNCCCC(C)=O. The maximum Gasteiger partial charge on any atom is 0.320 e. The van der Waals surface area contributed by atoms with Crippen LogP contribution in [0.3, 0.4) is 0 Å². The third-order valence-electron chi connectivity index (χ3n) is 5.13. The second kappa shape index (κ2) is 11.3. The summed E-state index contributed by atoms with van der Waals surface area (Å²) in [5, 5.41) is 3.26. The molecule has 6 nitrogen and oxygen atoms in total. The number of ether oxygens (including phenoxy) is 2. The number of nitrogens with one attached hydrogen (secondary N) is 1. The lowest BCUT2D eigenvalue weighted by molar-refractivity contribution is -0.117. The van der Waals surface area contributed by atoms with Crippen LogP contribution in [0.2, 0.25) is 0 Å². The van der Waals surface area contributed by atoms with Crippen molar-refractivity contribution in [3.63, 3.8) is 0 Å². The van der Waals surface area contributed by atoms with Gasteiger partial charge in [-0.15, -0.1) is 0 Å². The Labute approximate surface area is 187 Å². The number of carbonyl (C=O) groups is 1. The second-order valence-electron chi connectivity index (χ2n) is 7.56. The molecule has 0 saturated heterocycles. The molecule has 1 aromatic heterocycles. The Balaban J connectivity index is 1.64. The van der Waals surface area contributed by atoms with E-state index in [2.05, 4.69) is 15.3 Å². The zero-order chi connectivity index (χ0) is 22.9. The standard InChI is InChI=1S/C25H28FN3O3/c1-17(30)7-6-12-27-14-21-15-28-25(29-24(21)31-3)32-16-20-9-5-11-23(18(20)2)19-8-4-10-22(26)13-19/h4-5,8-11,13,15,27H,6-7,12,14,16H2,1-3H3. The molecule has 0 aliphatic heterocycles. The van der Waals surface area contributed by atoms with Crippen molar-refractivity contribution in [2.75, 3.05) is 13.7 Å². The Kier molecular flexibility index (Phi) is 8.27. The number of aromatic nitrogens is 2. The van der Waals surface area contributed by atoms with E-state index in [-0.39, 0.29) is 24.2 Å². The van der Waals surface area contributed by atoms with Crippen LogP contribution < -0.4 is 14.8 Å². The first-order chi connectivity index (χ1) is 15.5. The van der Waals surface area contributed by atoms with Gasteiger partial charge in [0.2, 0.25) is 5.88 Å². The van der Waals surface area contributed by atoms with Crippen molar-refractivity contribution in [2.45, 2.75) is 39.8 Å². The lowest BCUT2D eigenvalue weighted by Gasteiger charge is -2.13. The fourth-order valence-electron chi connectivity index (χ4n) is 3.38. The zero-order valence-electron chi connectivity index (χ0n) is 18.7. The van der Waals surface area contributed by atoms with Crippen molar-refractivity contribution in [2.24, 2.45) is 0 Å². The van der Waals surface area contributed by atoms with Gasteiger partial charge in [0.05, 0.1) is 7.11 Å². The average molecular weight is 438 g/mol.